The van der Waals surface area contributed by atoms with Crippen LogP contribution in [0.15, 0.2) is 24.3 Å². The number of halogens is 1. The summed E-state index contributed by atoms with van der Waals surface area (Å²) in [5.74, 6) is 1.31. The lowest BCUT2D eigenvalue weighted by atomic mass is 9.73. The van der Waals surface area contributed by atoms with Gasteiger partial charge < -0.3 is 15.4 Å². The molecule has 4 nitrogen and oxygen atoms in total. The number of nitrogens with two attached hydrogens (primary N) is 1. The molecule has 1 aromatic rings. The summed E-state index contributed by atoms with van der Waals surface area (Å²) >= 11 is 6.21. The number of likely N-dealkylation sites (tertiary alicyclic amines) is 1. The minimum atomic E-state index is -0.494. The third-order valence-electron chi connectivity index (χ3n) is 6.33. The summed E-state index contributed by atoms with van der Waals surface area (Å²) in [5.41, 5.74) is 6.79. The van der Waals surface area contributed by atoms with Gasteiger partial charge in [-0.15, -0.1) is 0 Å². The van der Waals surface area contributed by atoms with Gasteiger partial charge in [0.2, 0.25) is 5.91 Å². The molecule has 2 saturated heterocycles. The Labute approximate surface area is 148 Å². The third-order valence-corrected chi connectivity index (χ3v) is 6.57. The van der Waals surface area contributed by atoms with Crippen molar-refractivity contribution in [2.75, 3.05) is 26.3 Å². The van der Waals surface area contributed by atoms with E-state index in [-0.39, 0.29) is 11.9 Å². The second-order valence-electron chi connectivity index (χ2n) is 7.58. The molecule has 2 aliphatic heterocycles. The Bertz CT molecular complexity index is 630. The number of rotatable bonds is 2. The van der Waals surface area contributed by atoms with Crippen LogP contribution >= 0.6 is 11.6 Å². The molecule has 3 fully saturated rings. The van der Waals surface area contributed by atoms with E-state index in [9.17, 15) is 4.79 Å². The predicted octanol–water partition coefficient (Wildman–Crippen LogP) is 2.58. The van der Waals surface area contributed by atoms with E-state index in [4.69, 9.17) is 22.1 Å². The molecule has 3 atom stereocenters. The molecular weight excluding hydrogens is 324 g/mol. The van der Waals surface area contributed by atoms with Crippen LogP contribution in [0.25, 0.3) is 0 Å². The largest absolute Gasteiger partial charge is 0.381 e. The van der Waals surface area contributed by atoms with Crippen LogP contribution in [0.2, 0.25) is 5.02 Å². The first kappa shape index (κ1) is 16.4. The lowest BCUT2D eigenvalue weighted by Crippen LogP contribution is -2.49. The number of carbonyl (C=O) groups is 1. The molecule has 1 saturated carbocycles. The molecule has 24 heavy (non-hydrogen) atoms. The molecule has 0 bridgehead atoms. The zero-order valence-electron chi connectivity index (χ0n) is 13.9. The average Bonchev–Trinajstić information content (AvgIpc) is 3.17. The predicted molar refractivity (Wildman–Crippen MR) is 94.0 cm³/mol. The minimum Gasteiger partial charge on any atom is -0.381 e. The molecule has 3 unspecified atom stereocenters. The van der Waals surface area contributed by atoms with E-state index in [1.54, 1.807) is 0 Å². The van der Waals surface area contributed by atoms with Crippen LogP contribution in [0, 0.1) is 11.8 Å². The van der Waals surface area contributed by atoms with E-state index in [0.29, 0.717) is 30.1 Å². The fraction of sp³-hybridized carbons (Fsp3) is 0.632. The van der Waals surface area contributed by atoms with Crippen molar-refractivity contribution in [1.29, 1.82) is 0 Å². The molecule has 2 N–H and O–H groups in total. The van der Waals surface area contributed by atoms with E-state index in [0.717, 1.165) is 44.3 Å². The minimum absolute atomic E-state index is 0.245. The Morgan fingerprint density at radius 1 is 1.25 bits per heavy atom. The number of amides is 1. The highest BCUT2D eigenvalue weighted by atomic mass is 35.5. The van der Waals surface area contributed by atoms with Gasteiger partial charge in [0.05, 0.1) is 5.41 Å². The molecule has 2 heterocycles. The highest BCUT2D eigenvalue weighted by molar-refractivity contribution is 6.30. The molecule has 1 aliphatic carbocycles. The van der Waals surface area contributed by atoms with Crippen LogP contribution in [0.4, 0.5) is 0 Å². The maximum Gasteiger partial charge on any atom is 0.233 e. The number of benzene rings is 1. The number of nitrogens with zero attached hydrogens (tertiary/aromatic N) is 1. The van der Waals surface area contributed by atoms with E-state index < -0.39 is 5.41 Å². The van der Waals surface area contributed by atoms with E-state index in [1.165, 1.54) is 0 Å². The van der Waals surface area contributed by atoms with Crippen LogP contribution in [-0.2, 0) is 14.9 Å². The molecule has 1 amide bonds. The highest BCUT2D eigenvalue weighted by Crippen LogP contribution is 2.42. The molecule has 0 aromatic heterocycles. The lowest BCUT2D eigenvalue weighted by molar-refractivity contribution is -0.140. The van der Waals surface area contributed by atoms with Crippen LogP contribution < -0.4 is 5.73 Å². The maximum absolute atomic E-state index is 13.6. The second-order valence-corrected chi connectivity index (χ2v) is 8.02. The Balaban J connectivity index is 1.63. The van der Waals surface area contributed by atoms with Crippen LogP contribution in [0.3, 0.4) is 0 Å². The molecular formula is C19H25ClN2O2. The summed E-state index contributed by atoms with van der Waals surface area (Å²) in [6.07, 6.45) is 3.71. The molecule has 1 aromatic carbocycles. The van der Waals surface area contributed by atoms with Crippen molar-refractivity contribution in [3.05, 3.63) is 34.9 Å². The zero-order chi connectivity index (χ0) is 16.7. The van der Waals surface area contributed by atoms with Crippen molar-refractivity contribution in [1.82, 2.24) is 4.90 Å². The van der Waals surface area contributed by atoms with Gasteiger partial charge in [0.15, 0.2) is 0 Å². The van der Waals surface area contributed by atoms with Crippen molar-refractivity contribution in [3.63, 3.8) is 0 Å². The highest BCUT2D eigenvalue weighted by Gasteiger charge is 2.49. The summed E-state index contributed by atoms with van der Waals surface area (Å²) in [4.78, 5) is 15.6. The van der Waals surface area contributed by atoms with Crippen molar-refractivity contribution in [2.45, 2.75) is 37.1 Å². The van der Waals surface area contributed by atoms with Gasteiger partial charge in [0.25, 0.3) is 0 Å². The maximum atomic E-state index is 13.6. The Hall–Kier alpha value is -1.10. The second kappa shape index (κ2) is 6.32. The summed E-state index contributed by atoms with van der Waals surface area (Å²) in [6, 6.07) is 8.05. The van der Waals surface area contributed by atoms with Crippen molar-refractivity contribution in [2.24, 2.45) is 17.6 Å². The summed E-state index contributed by atoms with van der Waals surface area (Å²) in [5, 5.41) is 0.687. The van der Waals surface area contributed by atoms with Gasteiger partial charge >= 0.3 is 0 Å². The van der Waals surface area contributed by atoms with E-state index in [1.807, 2.05) is 24.3 Å². The van der Waals surface area contributed by atoms with Gasteiger partial charge in [-0.1, -0.05) is 23.7 Å². The molecule has 0 spiro atoms. The van der Waals surface area contributed by atoms with Gasteiger partial charge in [-0.25, -0.2) is 0 Å². The van der Waals surface area contributed by atoms with E-state index >= 15 is 0 Å². The fourth-order valence-electron chi connectivity index (χ4n) is 4.91. The van der Waals surface area contributed by atoms with Gasteiger partial charge in [0, 0.05) is 37.4 Å². The first-order valence-corrected chi connectivity index (χ1v) is 9.37. The molecule has 130 valence electrons. The Morgan fingerprint density at radius 2 is 2.04 bits per heavy atom. The number of carbonyl (C=O) groups excluding carboxylic acids is 1. The first-order chi connectivity index (χ1) is 11.6. The summed E-state index contributed by atoms with van der Waals surface area (Å²) < 4.78 is 5.56. The normalized spacial score (nSPS) is 31.9. The monoisotopic (exact) mass is 348 g/mol. The molecule has 5 heteroatoms. The van der Waals surface area contributed by atoms with Gasteiger partial charge in [-0.3, -0.25) is 4.79 Å². The average molecular weight is 349 g/mol. The third kappa shape index (κ3) is 2.65. The van der Waals surface area contributed by atoms with Crippen LogP contribution in [0.1, 0.15) is 31.2 Å². The van der Waals surface area contributed by atoms with E-state index in [2.05, 4.69) is 4.90 Å². The first-order valence-electron chi connectivity index (χ1n) is 8.99. The van der Waals surface area contributed by atoms with Crippen LogP contribution in [-0.4, -0.2) is 43.2 Å². The number of hydrogen-bond donors (Lipinski definition) is 1. The van der Waals surface area contributed by atoms with Gasteiger partial charge in [0.1, 0.15) is 0 Å². The Kier molecular flexibility index (Phi) is 4.31. The van der Waals surface area contributed by atoms with Crippen molar-refractivity contribution in [3.8, 4) is 0 Å². The molecule has 3 aliphatic rings. The number of ether oxygens (including phenoxy) is 1. The van der Waals surface area contributed by atoms with Crippen molar-refractivity contribution >= 4 is 17.5 Å². The smallest absolute Gasteiger partial charge is 0.233 e. The zero-order valence-corrected chi connectivity index (χ0v) is 14.7. The van der Waals surface area contributed by atoms with Crippen LogP contribution in [0.5, 0.6) is 0 Å². The number of fused-ring (bicyclic) bond motifs is 1. The fourth-order valence-corrected chi connectivity index (χ4v) is 5.10. The number of hydrogen-bond acceptors (Lipinski definition) is 3. The van der Waals surface area contributed by atoms with Gasteiger partial charge in [-0.2, -0.15) is 0 Å². The SMILES string of the molecule is NC1CCC2CN(C(=O)C3(c4cccc(Cl)c4)CCOCC3)CC12. The topological polar surface area (TPSA) is 55.6 Å². The Morgan fingerprint density at radius 3 is 2.75 bits per heavy atom. The summed E-state index contributed by atoms with van der Waals surface area (Å²) in [6.45, 7) is 2.92. The standard InChI is InChI=1S/C19H25ClN2O2/c20-15-3-1-2-14(10-15)19(6-8-24-9-7-19)18(23)22-11-13-4-5-17(21)16(13)12-22/h1-3,10,13,16-17H,4-9,11-12,21H2. The summed E-state index contributed by atoms with van der Waals surface area (Å²) in [7, 11) is 0. The quantitative estimate of drug-likeness (QED) is 0.893. The van der Waals surface area contributed by atoms with Gasteiger partial charge in [-0.05, 0) is 55.2 Å². The lowest BCUT2D eigenvalue weighted by Gasteiger charge is -2.39. The molecule has 0 radical (unpaired) electrons. The van der Waals surface area contributed by atoms with Crippen molar-refractivity contribution < 1.29 is 9.53 Å². The molecule has 4 rings (SSSR count).